The van der Waals surface area contributed by atoms with Gasteiger partial charge < -0.3 is 14.9 Å². The van der Waals surface area contributed by atoms with Gasteiger partial charge in [0.15, 0.2) is 5.96 Å². The first-order chi connectivity index (χ1) is 5.42. The molecule has 0 aromatic rings. The Labute approximate surface area is 66.1 Å². The standard InChI is InChI=1S/C7H13N3O/c11-6-5-10-4-3-9-2-1-8-7(9)10/h11H,1-6H2. The molecule has 0 aliphatic carbocycles. The zero-order chi connectivity index (χ0) is 7.68. The maximum Gasteiger partial charge on any atom is 0.196 e. The lowest BCUT2D eigenvalue weighted by Crippen LogP contribution is -2.32. The number of hydrogen-bond donors (Lipinski definition) is 1. The number of rotatable bonds is 2. The summed E-state index contributed by atoms with van der Waals surface area (Å²) in [7, 11) is 0. The Morgan fingerprint density at radius 1 is 1.36 bits per heavy atom. The Hall–Kier alpha value is -0.770. The fourth-order valence-electron chi connectivity index (χ4n) is 1.66. The van der Waals surface area contributed by atoms with Crippen molar-refractivity contribution in [1.29, 1.82) is 0 Å². The third-order valence-electron chi connectivity index (χ3n) is 2.20. The van der Waals surface area contributed by atoms with Crippen molar-refractivity contribution < 1.29 is 5.11 Å². The Balaban J connectivity index is 2.02. The second-order valence-corrected chi connectivity index (χ2v) is 2.88. The van der Waals surface area contributed by atoms with E-state index in [1.165, 1.54) is 0 Å². The predicted molar refractivity (Wildman–Crippen MR) is 42.5 cm³/mol. The monoisotopic (exact) mass is 155 g/mol. The van der Waals surface area contributed by atoms with Crippen molar-refractivity contribution >= 4 is 5.96 Å². The molecule has 4 heteroatoms. The molecule has 2 heterocycles. The number of fused-ring (bicyclic) bond motifs is 1. The highest BCUT2D eigenvalue weighted by atomic mass is 16.3. The average molecular weight is 155 g/mol. The summed E-state index contributed by atoms with van der Waals surface area (Å²) in [6.07, 6.45) is 0. The molecule has 0 radical (unpaired) electrons. The maximum atomic E-state index is 8.73. The Bertz CT molecular complexity index is 179. The Morgan fingerprint density at radius 3 is 3.09 bits per heavy atom. The molecule has 2 aliphatic heterocycles. The molecule has 11 heavy (non-hydrogen) atoms. The Kier molecular flexibility index (Phi) is 1.69. The quantitative estimate of drug-likeness (QED) is 0.554. The summed E-state index contributed by atoms with van der Waals surface area (Å²) >= 11 is 0. The van der Waals surface area contributed by atoms with Crippen molar-refractivity contribution in [3.63, 3.8) is 0 Å². The van der Waals surface area contributed by atoms with Gasteiger partial charge in [-0.25, -0.2) is 0 Å². The largest absolute Gasteiger partial charge is 0.395 e. The summed E-state index contributed by atoms with van der Waals surface area (Å²) in [6, 6.07) is 0. The molecule has 1 saturated heterocycles. The van der Waals surface area contributed by atoms with E-state index in [1.807, 2.05) is 0 Å². The summed E-state index contributed by atoms with van der Waals surface area (Å²) in [4.78, 5) is 8.77. The molecule has 0 amide bonds. The van der Waals surface area contributed by atoms with E-state index in [-0.39, 0.29) is 6.61 Å². The molecule has 2 rings (SSSR count). The van der Waals surface area contributed by atoms with E-state index >= 15 is 0 Å². The van der Waals surface area contributed by atoms with Crippen LogP contribution in [0.3, 0.4) is 0 Å². The lowest BCUT2D eigenvalue weighted by molar-refractivity contribution is 0.257. The summed E-state index contributed by atoms with van der Waals surface area (Å²) < 4.78 is 0. The topological polar surface area (TPSA) is 39.1 Å². The van der Waals surface area contributed by atoms with Crippen LogP contribution < -0.4 is 0 Å². The van der Waals surface area contributed by atoms with Crippen LogP contribution in [-0.2, 0) is 0 Å². The summed E-state index contributed by atoms with van der Waals surface area (Å²) in [6.45, 7) is 5.06. The van der Waals surface area contributed by atoms with Gasteiger partial charge in [-0.15, -0.1) is 0 Å². The number of nitrogens with zero attached hydrogens (tertiary/aromatic N) is 3. The lowest BCUT2D eigenvalue weighted by Gasteiger charge is -2.16. The SMILES string of the molecule is OCCN1CCN2CCN=C12. The number of hydrogen-bond acceptors (Lipinski definition) is 4. The van der Waals surface area contributed by atoms with Crippen LogP contribution in [0.1, 0.15) is 0 Å². The van der Waals surface area contributed by atoms with E-state index in [4.69, 9.17) is 5.11 Å². The van der Waals surface area contributed by atoms with Gasteiger partial charge in [0, 0.05) is 26.2 Å². The molecule has 1 fully saturated rings. The second kappa shape index (κ2) is 2.70. The molecule has 0 spiro atoms. The van der Waals surface area contributed by atoms with Crippen LogP contribution in [0.4, 0.5) is 0 Å². The molecule has 2 aliphatic rings. The van der Waals surface area contributed by atoms with Crippen molar-refractivity contribution in [3.05, 3.63) is 0 Å². The van der Waals surface area contributed by atoms with Crippen molar-refractivity contribution in [2.45, 2.75) is 0 Å². The van der Waals surface area contributed by atoms with E-state index in [9.17, 15) is 0 Å². The van der Waals surface area contributed by atoms with Gasteiger partial charge in [0.1, 0.15) is 0 Å². The van der Waals surface area contributed by atoms with Crippen LogP contribution in [0.25, 0.3) is 0 Å². The first-order valence-electron chi connectivity index (χ1n) is 4.07. The molecular formula is C7H13N3O. The van der Waals surface area contributed by atoms with Crippen LogP contribution in [0, 0.1) is 0 Å². The number of aliphatic hydroxyl groups excluding tert-OH is 1. The van der Waals surface area contributed by atoms with Gasteiger partial charge in [-0.1, -0.05) is 0 Å². The van der Waals surface area contributed by atoms with Crippen LogP contribution in [0.5, 0.6) is 0 Å². The van der Waals surface area contributed by atoms with E-state index in [1.54, 1.807) is 0 Å². The molecule has 0 atom stereocenters. The van der Waals surface area contributed by atoms with Gasteiger partial charge >= 0.3 is 0 Å². The molecule has 0 aromatic carbocycles. The van der Waals surface area contributed by atoms with Crippen molar-refractivity contribution in [2.24, 2.45) is 4.99 Å². The number of β-amino-alcohol motifs (C(OH)–C–C–N with tert-alkyl or cyclic N) is 1. The minimum absolute atomic E-state index is 0.229. The number of guanidine groups is 1. The summed E-state index contributed by atoms with van der Waals surface area (Å²) in [5, 5.41) is 8.73. The summed E-state index contributed by atoms with van der Waals surface area (Å²) in [5.74, 6) is 1.10. The van der Waals surface area contributed by atoms with E-state index < -0.39 is 0 Å². The van der Waals surface area contributed by atoms with Gasteiger partial charge in [0.05, 0.1) is 13.2 Å². The van der Waals surface area contributed by atoms with E-state index in [0.717, 1.165) is 38.7 Å². The lowest BCUT2D eigenvalue weighted by atomic mass is 10.5. The van der Waals surface area contributed by atoms with Gasteiger partial charge in [0.2, 0.25) is 0 Å². The third-order valence-corrected chi connectivity index (χ3v) is 2.20. The molecule has 0 aromatic heterocycles. The van der Waals surface area contributed by atoms with Crippen LogP contribution in [-0.4, -0.2) is 60.2 Å². The fraction of sp³-hybridized carbons (Fsp3) is 0.857. The average Bonchev–Trinajstić information content (AvgIpc) is 2.53. The molecular weight excluding hydrogens is 142 g/mol. The van der Waals surface area contributed by atoms with Crippen LogP contribution in [0.2, 0.25) is 0 Å². The van der Waals surface area contributed by atoms with E-state index in [0.29, 0.717) is 0 Å². The second-order valence-electron chi connectivity index (χ2n) is 2.88. The normalized spacial score (nSPS) is 22.5. The molecule has 62 valence electrons. The molecule has 0 unspecified atom stereocenters. The highest BCUT2D eigenvalue weighted by Crippen LogP contribution is 2.12. The first kappa shape index (κ1) is 6.91. The highest BCUT2D eigenvalue weighted by molar-refractivity contribution is 5.83. The van der Waals surface area contributed by atoms with Crippen molar-refractivity contribution in [2.75, 3.05) is 39.3 Å². The predicted octanol–water partition coefficient (Wildman–Crippen LogP) is -1.03. The van der Waals surface area contributed by atoms with Gasteiger partial charge in [-0.05, 0) is 0 Å². The van der Waals surface area contributed by atoms with E-state index in [2.05, 4.69) is 14.8 Å². The minimum atomic E-state index is 0.229. The number of aliphatic imine (C=N–C) groups is 1. The summed E-state index contributed by atoms with van der Waals surface area (Å²) in [5.41, 5.74) is 0. The molecule has 0 saturated carbocycles. The fourth-order valence-corrected chi connectivity index (χ4v) is 1.66. The molecule has 4 nitrogen and oxygen atoms in total. The Morgan fingerprint density at radius 2 is 2.27 bits per heavy atom. The third kappa shape index (κ3) is 1.07. The van der Waals surface area contributed by atoms with Gasteiger partial charge in [-0.3, -0.25) is 4.99 Å². The zero-order valence-electron chi connectivity index (χ0n) is 6.53. The van der Waals surface area contributed by atoms with Crippen molar-refractivity contribution in [1.82, 2.24) is 9.80 Å². The van der Waals surface area contributed by atoms with Gasteiger partial charge in [0.25, 0.3) is 0 Å². The molecule has 1 N–H and O–H groups in total. The van der Waals surface area contributed by atoms with Gasteiger partial charge in [-0.2, -0.15) is 0 Å². The highest BCUT2D eigenvalue weighted by Gasteiger charge is 2.28. The molecule has 0 bridgehead atoms. The number of aliphatic hydroxyl groups is 1. The van der Waals surface area contributed by atoms with Crippen molar-refractivity contribution in [3.8, 4) is 0 Å². The maximum absolute atomic E-state index is 8.73. The zero-order valence-corrected chi connectivity index (χ0v) is 6.53. The van der Waals surface area contributed by atoms with Crippen LogP contribution in [0.15, 0.2) is 4.99 Å². The van der Waals surface area contributed by atoms with Crippen LogP contribution >= 0.6 is 0 Å². The minimum Gasteiger partial charge on any atom is -0.395 e. The smallest absolute Gasteiger partial charge is 0.196 e. The first-order valence-corrected chi connectivity index (χ1v) is 4.07.